The van der Waals surface area contributed by atoms with Gasteiger partial charge in [0.25, 0.3) is 0 Å². The number of carboxylic acid groups (broad SMARTS) is 1. The second-order valence-electron chi connectivity index (χ2n) is 5.83. The van der Waals surface area contributed by atoms with E-state index in [0.29, 0.717) is 13.0 Å². The number of amides is 2. The standard InChI is InChI=1S/C14H22N2O4/c1-9(17)15-12(10-4-2-3-5-10)13(18)16-7-6-11(8-16)14(19)20/h10-12H,2-8H2,1H3,(H,15,17)(H,19,20)/t11-,12+/m0/s1. The summed E-state index contributed by atoms with van der Waals surface area (Å²) in [6.07, 6.45) is 4.58. The third kappa shape index (κ3) is 3.29. The second kappa shape index (κ2) is 6.24. The number of carbonyl (C=O) groups excluding carboxylic acids is 2. The molecule has 2 fully saturated rings. The van der Waals surface area contributed by atoms with E-state index >= 15 is 0 Å². The molecule has 1 aliphatic carbocycles. The fraction of sp³-hybridized carbons (Fsp3) is 0.786. The molecule has 1 saturated carbocycles. The molecule has 0 aromatic carbocycles. The van der Waals surface area contributed by atoms with Crippen LogP contribution in [0.25, 0.3) is 0 Å². The summed E-state index contributed by atoms with van der Waals surface area (Å²) >= 11 is 0. The largest absolute Gasteiger partial charge is 0.481 e. The van der Waals surface area contributed by atoms with Crippen LogP contribution in [-0.2, 0) is 14.4 Å². The maximum absolute atomic E-state index is 12.6. The van der Waals surface area contributed by atoms with Gasteiger partial charge in [-0.1, -0.05) is 12.8 Å². The molecule has 2 N–H and O–H groups in total. The molecule has 0 bridgehead atoms. The van der Waals surface area contributed by atoms with E-state index in [1.54, 1.807) is 4.90 Å². The Hall–Kier alpha value is -1.59. The van der Waals surface area contributed by atoms with Crippen LogP contribution < -0.4 is 5.32 Å². The topological polar surface area (TPSA) is 86.7 Å². The Morgan fingerprint density at radius 3 is 2.35 bits per heavy atom. The molecule has 2 aliphatic rings. The van der Waals surface area contributed by atoms with E-state index in [2.05, 4.69) is 5.32 Å². The molecular formula is C14H22N2O4. The Morgan fingerprint density at radius 1 is 1.20 bits per heavy atom. The van der Waals surface area contributed by atoms with Crippen LogP contribution in [0.4, 0.5) is 0 Å². The lowest BCUT2D eigenvalue weighted by Gasteiger charge is -2.28. The maximum Gasteiger partial charge on any atom is 0.308 e. The average Bonchev–Trinajstić information content (AvgIpc) is 3.05. The van der Waals surface area contributed by atoms with E-state index in [-0.39, 0.29) is 24.3 Å². The van der Waals surface area contributed by atoms with Crippen molar-refractivity contribution in [3.63, 3.8) is 0 Å². The lowest BCUT2D eigenvalue weighted by Crippen LogP contribution is -2.51. The molecule has 2 amide bonds. The molecule has 1 aliphatic heterocycles. The number of hydrogen-bond donors (Lipinski definition) is 2. The zero-order chi connectivity index (χ0) is 14.7. The normalized spacial score (nSPS) is 24.6. The van der Waals surface area contributed by atoms with Gasteiger partial charge < -0.3 is 15.3 Å². The van der Waals surface area contributed by atoms with Crippen molar-refractivity contribution in [2.24, 2.45) is 11.8 Å². The Kier molecular flexibility index (Phi) is 4.62. The van der Waals surface area contributed by atoms with Crippen molar-refractivity contribution in [1.82, 2.24) is 10.2 Å². The monoisotopic (exact) mass is 282 g/mol. The molecule has 20 heavy (non-hydrogen) atoms. The van der Waals surface area contributed by atoms with Crippen LogP contribution in [0.15, 0.2) is 0 Å². The molecule has 0 unspecified atom stereocenters. The number of likely N-dealkylation sites (tertiary alicyclic amines) is 1. The van der Waals surface area contributed by atoms with Crippen LogP contribution in [0.3, 0.4) is 0 Å². The molecule has 1 saturated heterocycles. The zero-order valence-electron chi connectivity index (χ0n) is 11.8. The van der Waals surface area contributed by atoms with E-state index in [9.17, 15) is 14.4 Å². The Bertz CT molecular complexity index is 404. The van der Waals surface area contributed by atoms with Gasteiger partial charge in [0.2, 0.25) is 11.8 Å². The van der Waals surface area contributed by atoms with Crippen molar-refractivity contribution in [3.8, 4) is 0 Å². The number of aliphatic carboxylic acids is 1. The molecule has 1 heterocycles. The first-order valence-corrected chi connectivity index (χ1v) is 7.27. The summed E-state index contributed by atoms with van der Waals surface area (Å²) < 4.78 is 0. The van der Waals surface area contributed by atoms with E-state index in [1.165, 1.54) is 6.92 Å². The predicted octanol–water partition coefficient (Wildman–Crippen LogP) is 0.614. The van der Waals surface area contributed by atoms with Gasteiger partial charge in [0.05, 0.1) is 5.92 Å². The first-order valence-electron chi connectivity index (χ1n) is 7.27. The van der Waals surface area contributed by atoms with Crippen molar-refractivity contribution in [2.75, 3.05) is 13.1 Å². The van der Waals surface area contributed by atoms with Crippen molar-refractivity contribution >= 4 is 17.8 Å². The highest BCUT2D eigenvalue weighted by Gasteiger charge is 2.38. The van der Waals surface area contributed by atoms with Crippen LogP contribution in [0.2, 0.25) is 0 Å². The minimum Gasteiger partial charge on any atom is -0.481 e. The van der Waals surface area contributed by atoms with Gasteiger partial charge in [0.15, 0.2) is 0 Å². The van der Waals surface area contributed by atoms with Crippen LogP contribution >= 0.6 is 0 Å². The molecule has 0 aromatic rings. The minimum absolute atomic E-state index is 0.115. The highest BCUT2D eigenvalue weighted by Crippen LogP contribution is 2.29. The summed E-state index contributed by atoms with van der Waals surface area (Å²) in [4.78, 5) is 36.4. The van der Waals surface area contributed by atoms with Crippen molar-refractivity contribution in [2.45, 2.75) is 45.1 Å². The quantitative estimate of drug-likeness (QED) is 0.791. The van der Waals surface area contributed by atoms with Crippen LogP contribution in [0.1, 0.15) is 39.0 Å². The first-order chi connectivity index (χ1) is 9.49. The summed E-state index contributed by atoms with van der Waals surface area (Å²) in [6, 6.07) is -0.484. The van der Waals surface area contributed by atoms with Gasteiger partial charge in [-0.15, -0.1) is 0 Å². The molecule has 0 spiro atoms. The van der Waals surface area contributed by atoms with Crippen molar-refractivity contribution in [3.05, 3.63) is 0 Å². The number of rotatable bonds is 4. The summed E-state index contributed by atoms with van der Waals surface area (Å²) in [5.74, 6) is -1.45. The van der Waals surface area contributed by atoms with Gasteiger partial charge in [-0.2, -0.15) is 0 Å². The van der Waals surface area contributed by atoms with E-state index < -0.39 is 17.9 Å². The molecule has 0 radical (unpaired) electrons. The van der Waals surface area contributed by atoms with Crippen LogP contribution in [0.5, 0.6) is 0 Å². The molecule has 2 atom stereocenters. The van der Waals surface area contributed by atoms with Gasteiger partial charge in [-0.3, -0.25) is 14.4 Å². The van der Waals surface area contributed by atoms with Crippen LogP contribution in [-0.4, -0.2) is 46.9 Å². The highest BCUT2D eigenvalue weighted by molar-refractivity contribution is 5.88. The maximum atomic E-state index is 12.6. The number of hydrogen-bond acceptors (Lipinski definition) is 3. The zero-order valence-corrected chi connectivity index (χ0v) is 11.8. The third-order valence-electron chi connectivity index (χ3n) is 4.35. The van der Waals surface area contributed by atoms with E-state index in [4.69, 9.17) is 5.11 Å². The molecule has 0 aromatic heterocycles. The van der Waals surface area contributed by atoms with E-state index in [1.807, 2.05) is 0 Å². The Morgan fingerprint density at radius 2 is 1.85 bits per heavy atom. The number of nitrogens with one attached hydrogen (secondary N) is 1. The molecule has 6 nitrogen and oxygen atoms in total. The molecular weight excluding hydrogens is 260 g/mol. The third-order valence-corrected chi connectivity index (χ3v) is 4.35. The van der Waals surface area contributed by atoms with Gasteiger partial charge >= 0.3 is 5.97 Å². The number of carbonyl (C=O) groups is 3. The summed E-state index contributed by atoms with van der Waals surface area (Å²) in [6.45, 7) is 2.15. The molecule has 6 heteroatoms. The van der Waals surface area contributed by atoms with Crippen LogP contribution in [0, 0.1) is 11.8 Å². The Labute approximate surface area is 118 Å². The van der Waals surface area contributed by atoms with Gasteiger partial charge in [-0.05, 0) is 25.2 Å². The fourth-order valence-electron chi connectivity index (χ4n) is 3.25. The predicted molar refractivity (Wildman–Crippen MR) is 71.9 cm³/mol. The molecule has 112 valence electrons. The number of nitrogens with zero attached hydrogens (tertiary/aromatic N) is 1. The Balaban J connectivity index is 2.02. The highest BCUT2D eigenvalue weighted by atomic mass is 16.4. The van der Waals surface area contributed by atoms with Gasteiger partial charge in [0.1, 0.15) is 6.04 Å². The average molecular weight is 282 g/mol. The van der Waals surface area contributed by atoms with Gasteiger partial charge in [-0.25, -0.2) is 0 Å². The SMILES string of the molecule is CC(=O)N[C@@H](C(=O)N1CC[C@H](C(=O)O)C1)C1CCCC1. The minimum atomic E-state index is -0.850. The lowest BCUT2D eigenvalue weighted by atomic mass is 9.96. The molecule has 2 rings (SSSR count). The second-order valence-corrected chi connectivity index (χ2v) is 5.83. The number of carboxylic acids is 1. The fourth-order valence-corrected chi connectivity index (χ4v) is 3.25. The van der Waals surface area contributed by atoms with Gasteiger partial charge in [0, 0.05) is 20.0 Å². The summed E-state index contributed by atoms with van der Waals surface area (Å²) in [5.41, 5.74) is 0. The van der Waals surface area contributed by atoms with E-state index in [0.717, 1.165) is 25.7 Å². The van der Waals surface area contributed by atoms with Crippen molar-refractivity contribution in [1.29, 1.82) is 0 Å². The van der Waals surface area contributed by atoms with Crippen molar-refractivity contribution < 1.29 is 19.5 Å². The first kappa shape index (κ1) is 14.8. The summed E-state index contributed by atoms with van der Waals surface area (Å²) in [5, 5.41) is 11.8. The lowest BCUT2D eigenvalue weighted by molar-refractivity contribution is -0.142. The smallest absolute Gasteiger partial charge is 0.308 e. The summed E-state index contributed by atoms with van der Waals surface area (Å²) in [7, 11) is 0.